The van der Waals surface area contributed by atoms with Crippen molar-refractivity contribution in [2.75, 3.05) is 0 Å². The second-order valence-corrected chi connectivity index (χ2v) is 4.77. The summed E-state index contributed by atoms with van der Waals surface area (Å²) in [5.74, 6) is -0.413. The Balaban J connectivity index is 1.70. The lowest BCUT2D eigenvalue weighted by Crippen LogP contribution is -2.30. The number of benzene rings is 1. The number of hydrogen-bond acceptors (Lipinski definition) is 5. The molecule has 0 spiro atoms. The fourth-order valence-corrected chi connectivity index (χ4v) is 2.04. The summed E-state index contributed by atoms with van der Waals surface area (Å²) in [6.45, 7) is -0.152. The predicted molar refractivity (Wildman–Crippen MR) is 86.0 cm³/mol. The van der Waals surface area contributed by atoms with Gasteiger partial charge >= 0.3 is 0 Å². The Morgan fingerprint density at radius 2 is 2.13 bits per heavy atom. The van der Waals surface area contributed by atoms with Gasteiger partial charge in [-0.15, -0.1) is 0 Å². The molecule has 7 heteroatoms. The Kier molecular flexibility index (Phi) is 4.19. The van der Waals surface area contributed by atoms with E-state index in [4.69, 9.17) is 0 Å². The van der Waals surface area contributed by atoms with Crippen molar-refractivity contribution in [3.05, 3.63) is 71.0 Å². The molecular weight excluding hydrogens is 294 g/mol. The van der Waals surface area contributed by atoms with E-state index in [9.17, 15) is 9.59 Å². The van der Waals surface area contributed by atoms with Crippen LogP contribution >= 0.6 is 0 Å². The van der Waals surface area contributed by atoms with Gasteiger partial charge in [0.25, 0.3) is 11.5 Å². The lowest BCUT2D eigenvalue weighted by molar-refractivity contribution is -0.121. The quantitative estimate of drug-likeness (QED) is 0.574. The van der Waals surface area contributed by atoms with Gasteiger partial charge in [0.2, 0.25) is 0 Å². The molecule has 3 rings (SSSR count). The van der Waals surface area contributed by atoms with Gasteiger partial charge in [-0.1, -0.05) is 18.2 Å². The molecule has 0 saturated heterocycles. The largest absolute Gasteiger partial charge is 0.289 e. The second-order valence-electron chi connectivity index (χ2n) is 4.77. The van der Waals surface area contributed by atoms with E-state index in [1.54, 1.807) is 48.8 Å². The van der Waals surface area contributed by atoms with Crippen molar-refractivity contribution in [3.8, 4) is 0 Å². The number of amides is 1. The van der Waals surface area contributed by atoms with E-state index in [1.165, 1.54) is 17.1 Å². The van der Waals surface area contributed by atoms with E-state index in [0.29, 0.717) is 10.9 Å². The molecular formula is C16H13N5O2. The highest BCUT2D eigenvalue weighted by molar-refractivity contribution is 5.82. The average Bonchev–Trinajstić information content (AvgIpc) is 2.59. The number of hydrogen-bond donors (Lipinski definition) is 1. The first-order valence-electron chi connectivity index (χ1n) is 6.90. The van der Waals surface area contributed by atoms with Crippen LogP contribution in [0, 0.1) is 0 Å². The van der Waals surface area contributed by atoms with E-state index < -0.39 is 5.91 Å². The zero-order valence-corrected chi connectivity index (χ0v) is 12.1. The van der Waals surface area contributed by atoms with Crippen molar-refractivity contribution in [1.29, 1.82) is 0 Å². The van der Waals surface area contributed by atoms with Gasteiger partial charge in [-0.2, -0.15) is 5.10 Å². The molecule has 0 aliphatic carbocycles. The molecule has 0 fully saturated rings. The van der Waals surface area contributed by atoms with Gasteiger partial charge in [0.1, 0.15) is 6.54 Å². The SMILES string of the molecule is O=C(Cn1cnc2ccccc2c1=O)N/N=C/c1cccnc1. The summed E-state index contributed by atoms with van der Waals surface area (Å²) >= 11 is 0. The number of fused-ring (bicyclic) bond motifs is 1. The van der Waals surface area contributed by atoms with Crippen molar-refractivity contribution >= 4 is 23.0 Å². The van der Waals surface area contributed by atoms with Gasteiger partial charge in [-0.05, 0) is 18.2 Å². The van der Waals surface area contributed by atoms with Crippen LogP contribution in [0.15, 0.2) is 65.0 Å². The van der Waals surface area contributed by atoms with Crippen molar-refractivity contribution in [1.82, 2.24) is 20.0 Å². The van der Waals surface area contributed by atoms with Crippen LogP contribution in [-0.2, 0) is 11.3 Å². The Hall–Kier alpha value is -3.35. The van der Waals surface area contributed by atoms with Crippen LogP contribution in [0.3, 0.4) is 0 Å². The maximum Gasteiger partial charge on any atom is 0.261 e. The monoisotopic (exact) mass is 307 g/mol. The third-order valence-electron chi connectivity index (χ3n) is 3.13. The lowest BCUT2D eigenvalue weighted by atomic mass is 10.2. The van der Waals surface area contributed by atoms with Gasteiger partial charge in [0, 0.05) is 18.0 Å². The summed E-state index contributed by atoms with van der Waals surface area (Å²) in [4.78, 5) is 32.2. The van der Waals surface area contributed by atoms with Crippen LogP contribution in [-0.4, -0.2) is 26.7 Å². The molecule has 0 saturated carbocycles. The van der Waals surface area contributed by atoms with Gasteiger partial charge in [-0.25, -0.2) is 10.4 Å². The number of aromatic nitrogens is 3. The smallest absolute Gasteiger partial charge is 0.261 e. The zero-order valence-electron chi connectivity index (χ0n) is 12.1. The molecule has 3 aromatic rings. The molecule has 1 N–H and O–H groups in total. The second kappa shape index (κ2) is 6.61. The van der Waals surface area contributed by atoms with Gasteiger partial charge in [0.05, 0.1) is 23.4 Å². The third kappa shape index (κ3) is 3.46. The first-order valence-corrected chi connectivity index (χ1v) is 6.90. The van der Waals surface area contributed by atoms with Crippen LogP contribution in [0.1, 0.15) is 5.56 Å². The van der Waals surface area contributed by atoms with Crippen molar-refractivity contribution in [2.24, 2.45) is 5.10 Å². The fourth-order valence-electron chi connectivity index (χ4n) is 2.04. The van der Waals surface area contributed by atoms with E-state index >= 15 is 0 Å². The predicted octanol–water partition coefficient (Wildman–Crippen LogP) is 0.942. The number of nitrogens with one attached hydrogen (secondary N) is 1. The molecule has 2 heterocycles. The molecule has 0 radical (unpaired) electrons. The van der Waals surface area contributed by atoms with Gasteiger partial charge in [-0.3, -0.25) is 19.1 Å². The number of carbonyl (C=O) groups excluding carboxylic acids is 1. The van der Waals surface area contributed by atoms with Crippen molar-refractivity contribution in [2.45, 2.75) is 6.54 Å². The number of hydrazone groups is 1. The minimum Gasteiger partial charge on any atom is -0.289 e. The summed E-state index contributed by atoms with van der Waals surface area (Å²) in [5, 5.41) is 4.30. The zero-order chi connectivity index (χ0) is 16.1. The molecule has 1 aromatic carbocycles. The standard InChI is InChI=1S/C16H13N5O2/c22-15(20-19-9-12-4-3-7-17-8-12)10-21-11-18-14-6-2-1-5-13(14)16(21)23/h1-9,11H,10H2,(H,20,22)/b19-9+. The Morgan fingerprint density at radius 3 is 2.96 bits per heavy atom. The first-order chi connectivity index (χ1) is 11.2. The normalized spacial score (nSPS) is 11.0. The number of rotatable bonds is 4. The molecule has 0 bridgehead atoms. The number of carbonyl (C=O) groups is 1. The summed E-state index contributed by atoms with van der Waals surface area (Å²) in [6.07, 6.45) is 6.10. The Bertz CT molecular complexity index is 918. The molecule has 2 aromatic heterocycles. The maximum atomic E-state index is 12.3. The minimum absolute atomic E-state index is 0.152. The molecule has 0 aliphatic heterocycles. The van der Waals surface area contributed by atoms with Crippen LogP contribution < -0.4 is 11.0 Å². The summed E-state index contributed by atoms with van der Waals surface area (Å²) in [5.41, 5.74) is 3.47. The molecule has 0 aliphatic rings. The number of pyridine rings is 1. The minimum atomic E-state index is -0.413. The van der Waals surface area contributed by atoms with Crippen LogP contribution in [0.4, 0.5) is 0 Å². The van der Waals surface area contributed by atoms with E-state index in [0.717, 1.165) is 5.56 Å². The molecule has 0 unspecified atom stereocenters. The number of para-hydroxylation sites is 1. The van der Waals surface area contributed by atoms with Crippen molar-refractivity contribution < 1.29 is 4.79 Å². The van der Waals surface area contributed by atoms with Crippen LogP contribution in [0.2, 0.25) is 0 Å². The van der Waals surface area contributed by atoms with E-state index in [2.05, 4.69) is 20.5 Å². The topological polar surface area (TPSA) is 89.2 Å². The molecule has 1 amide bonds. The van der Waals surface area contributed by atoms with E-state index in [-0.39, 0.29) is 12.1 Å². The molecule has 7 nitrogen and oxygen atoms in total. The Labute approximate surface area is 131 Å². The highest BCUT2D eigenvalue weighted by atomic mass is 16.2. The highest BCUT2D eigenvalue weighted by Crippen LogP contribution is 2.04. The summed E-state index contributed by atoms with van der Waals surface area (Å²) in [6, 6.07) is 10.6. The Morgan fingerprint density at radius 1 is 1.26 bits per heavy atom. The first kappa shape index (κ1) is 14.6. The van der Waals surface area contributed by atoms with Crippen LogP contribution in [0.25, 0.3) is 10.9 Å². The summed E-state index contributed by atoms with van der Waals surface area (Å²) in [7, 11) is 0. The maximum absolute atomic E-state index is 12.3. The average molecular weight is 307 g/mol. The van der Waals surface area contributed by atoms with Crippen molar-refractivity contribution in [3.63, 3.8) is 0 Å². The molecule has 114 valence electrons. The fraction of sp³-hybridized carbons (Fsp3) is 0.0625. The van der Waals surface area contributed by atoms with Crippen LogP contribution in [0.5, 0.6) is 0 Å². The van der Waals surface area contributed by atoms with E-state index in [1.807, 2.05) is 0 Å². The number of nitrogens with zero attached hydrogens (tertiary/aromatic N) is 4. The third-order valence-corrected chi connectivity index (χ3v) is 3.13. The van der Waals surface area contributed by atoms with Gasteiger partial charge < -0.3 is 0 Å². The lowest BCUT2D eigenvalue weighted by Gasteiger charge is -2.05. The molecule has 23 heavy (non-hydrogen) atoms. The van der Waals surface area contributed by atoms with Gasteiger partial charge in [0.15, 0.2) is 0 Å². The highest BCUT2D eigenvalue weighted by Gasteiger charge is 2.07. The molecule has 0 atom stereocenters. The summed E-state index contributed by atoms with van der Waals surface area (Å²) < 4.78 is 1.25.